The summed E-state index contributed by atoms with van der Waals surface area (Å²) in [5.41, 5.74) is 0. The molecular formula is C7H13NOS. The van der Waals surface area contributed by atoms with Crippen molar-refractivity contribution in [2.24, 2.45) is 5.92 Å². The molecule has 0 spiro atoms. The van der Waals surface area contributed by atoms with Gasteiger partial charge in [-0.1, -0.05) is 0 Å². The predicted octanol–water partition coefficient (Wildman–Crippen LogP) is 0.985. The van der Waals surface area contributed by atoms with Gasteiger partial charge in [-0.3, -0.25) is 4.84 Å². The maximum Gasteiger partial charge on any atom is 0.0737 e. The van der Waals surface area contributed by atoms with E-state index in [1.165, 1.54) is 17.9 Å². The number of fused-ring (bicyclic) bond motifs is 1. The highest BCUT2D eigenvalue weighted by Gasteiger charge is 2.34. The first-order valence-electron chi connectivity index (χ1n) is 3.81. The summed E-state index contributed by atoms with van der Waals surface area (Å²) in [6.07, 6.45) is 1.31. The Morgan fingerprint density at radius 3 is 3.30 bits per heavy atom. The highest BCUT2D eigenvalue weighted by Crippen LogP contribution is 2.31. The van der Waals surface area contributed by atoms with Crippen LogP contribution in [0, 0.1) is 5.92 Å². The maximum absolute atomic E-state index is 5.42. The quantitative estimate of drug-likeness (QED) is 0.523. The molecule has 0 N–H and O–H groups in total. The molecule has 0 saturated carbocycles. The molecule has 0 bridgehead atoms. The van der Waals surface area contributed by atoms with Crippen molar-refractivity contribution in [1.82, 2.24) is 5.06 Å². The van der Waals surface area contributed by atoms with Crippen LogP contribution in [-0.2, 0) is 4.84 Å². The van der Waals surface area contributed by atoms with Gasteiger partial charge in [0.05, 0.1) is 6.61 Å². The van der Waals surface area contributed by atoms with E-state index in [1.807, 2.05) is 5.06 Å². The number of thioether (sulfide) groups is 1. The third-order valence-corrected chi connectivity index (χ3v) is 3.58. The van der Waals surface area contributed by atoms with E-state index in [9.17, 15) is 0 Å². The SMILES string of the molecule is CN1OC[C@H]2CSCC[C@H]21. The van der Waals surface area contributed by atoms with Crippen molar-refractivity contribution in [2.45, 2.75) is 12.5 Å². The molecule has 0 aromatic rings. The topological polar surface area (TPSA) is 12.5 Å². The third kappa shape index (κ3) is 1.06. The van der Waals surface area contributed by atoms with Gasteiger partial charge in [0, 0.05) is 19.0 Å². The lowest BCUT2D eigenvalue weighted by atomic mass is 10.0. The molecule has 2 nitrogen and oxygen atoms in total. The van der Waals surface area contributed by atoms with Crippen LogP contribution in [0.1, 0.15) is 6.42 Å². The lowest BCUT2D eigenvalue weighted by Crippen LogP contribution is -2.33. The van der Waals surface area contributed by atoms with E-state index in [0.29, 0.717) is 0 Å². The van der Waals surface area contributed by atoms with Crippen LogP contribution in [-0.4, -0.2) is 36.3 Å². The summed E-state index contributed by atoms with van der Waals surface area (Å²) in [5, 5.41) is 2.05. The summed E-state index contributed by atoms with van der Waals surface area (Å²) >= 11 is 2.07. The highest BCUT2D eigenvalue weighted by molar-refractivity contribution is 7.99. The second-order valence-electron chi connectivity index (χ2n) is 3.03. The van der Waals surface area contributed by atoms with Crippen molar-refractivity contribution >= 4 is 11.8 Å². The van der Waals surface area contributed by atoms with Crippen LogP contribution in [0.3, 0.4) is 0 Å². The minimum absolute atomic E-state index is 0.723. The summed E-state index contributed by atoms with van der Waals surface area (Å²) < 4.78 is 0. The lowest BCUT2D eigenvalue weighted by Gasteiger charge is -2.25. The number of rotatable bonds is 0. The summed E-state index contributed by atoms with van der Waals surface area (Å²) in [6, 6.07) is 0.723. The van der Waals surface area contributed by atoms with Crippen LogP contribution in [0.5, 0.6) is 0 Å². The number of hydrogen-bond acceptors (Lipinski definition) is 3. The van der Waals surface area contributed by atoms with Gasteiger partial charge < -0.3 is 0 Å². The second kappa shape index (κ2) is 2.72. The van der Waals surface area contributed by atoms with Gasteiger partial charge in [0.15, 0.2) is 0 Å². The first kappa shape index (κ1) is 6.95. The molecule has 0 aromatic heterocycles. The Bertz CT molecular complexity index is 129. The van der Waals surface area contributed by atoms with Gasteiger partial charge in [-0.15, -0.1) is 0 Å². The van der Waals surface area contributed by atoms with Crippen LogP contribution in [0.4, 0.5) is 0 Å². The van der Waals surface area contributed by atoms with Crippen molar-refractivity contribution in [3.05, 3.63) is 0 Å². The Labute approximate surface area is 65.9 Å². The fourth-order valence-electron chi connectivity index (χ4n) is 1.73. The number of hydroxylamine groups is 2. The molecule has 2 aliphatic heterocycles. The molecule has 10 heavy (non-hydrogen) atoms. The maximum atomic E-state index is 5.42. The molecule has 0 aromatic carbocycles. The van der Waals surface area contributed by atoms with E-state index in [2.05, 4.69) is 18.8 Å². The molecule has 2 heterocycles. The monoisotopic (exact) mass is 159 g/mol. The molecule has 2 atom stereocenters. The molecule has 0 amide bonds. The van der Waals surface area contributed by atoms with E-state index in [1.54, 1.807) is 0 Å². The third-order valence-electron chi connectivity index (χ3n) is 2.39. The van der Waals surface area contributed by atoms with Crippen molar-refractivity contribution in [2.75, 3.05) is 25.2 Å². The smallest absolute Gasteiger partial charge is 0.0737 e. The molecule has 0 radical (unpaired) electrons. The standard InChI is InChI=1S/C7H13NOS/c1-8-7-2-3-10-5-6(7)4-9-8/h6-7H,2-5H2,1H3/t6-,7+/m0/s1. The second-order valence-corrected chi connectivity index (χ2v) is 4.18. The van der Waals surface area contributed by atoms with Crippen LogP contribution < -0.4 is 0 Å². The molecule has 0 unspecified atom stereocenters. The summed E-state index contributed by atoms with van der Waals surface area (Å²) in [6.45, 7) is 0.953. The normalized spacial score (nSPS) is 41.7. The molecular weight excluding hydrogens is 146 g/mol. The van der Waals surface area contributed by atoms with E-state index >= 15 is 0 Å². The number of nitrogens with zero attached hydrogens (tertiary/aromatic N) is 1. The van der Waals surface area contributed by atoms with Gasteiger partial charge in [-0.05, 0) is 17.9 Å². The van der Waals surface area contributed by atoms with Gasteiger partial charge in [-0.2, -0.15) is 16.8 Å². The van der Waals surface area contributed by atoms with Crippen LogP contribution in [0.2, 0.25) is 0 Å². The molecule has 2 rings (SSSR count). The Morgan fingerprint density at radius 1 is 1.60 bits per heavy atom. The van der Waals surface area contributed by atoms with Crippen molar-refractivity contribution in [3.8, 4) is 0 Å². The molecule has 58 valence electrons. The first-order valence-corrected chi connectivity index (χ1v) is 4.97. The van der Waals surface area contributed by atoms with Gasteiger partial charge in [-0.25, -0.2) is 0 Å². The highest BCUT2D eigenvalue weighted by atomic mass is 32.2. The van der Waals surface area contributed by atoms with Crippen molar-refractivity contribution in [3.63, 3.8) is 0 Å². The van der Waals surface area contributed by atoms with E-state index < -0.39 is 0 Å². The Hall–Kier alpha value is 0.270. The summed E-state index contributed by atoms with van der Waals surface area (Å²) in [7, 11) is 2.06. The van der Waals surface area contributed by atoms with Crippen LogP contribution in [0.25, 0.3) is 0 Å². The van der Waals surface area contributed by atoms with Gasteiger partial charge in [0.25, 0.3) is 0 Å². The minimum atomic E-state index is 0.723. The fraction of sp³-hybridized carbons (Fsp3) is 1.00. The fourth-order valence-corrected chi connectivity index (χ4v) is 2.93. The zero-order chi connectivity index (χ0) is 6.97. The molecule has 2 fully saturated rings. The molecule has 0 aliphatic carbocycles. The minimum Gasteiger partial charge on any atom is -0.299 e. The van der Waals surface area contributed by atoms with Gasteiger partial charge in [0.1, 0.15) is 0 Å². The predicted molar refractivity (Wildman–Crippen MR) is 42.9 cm³/mol. The Kier molecular flexibility index (Phi) is 1.89. The number of hydrogen-bond donors (Lipinski definition) is 0. The van der Waals surface area contributed by atoms with Gasteiger partial charge >= 0.3 is 0 Å². The Morgan fingerprint density at radius 2 is 2.50 bits per heavy atom. The summed E-state index contributed by atoms with van der Waals surface area (Å²) in [5.74, 6) is 3.42. The van der Waals surface area contributed by atoms with E-state index in [4.69, 9.17) is 4.84 Å². The molecule has 2 aliphatic rings. The van der Waals surface area contributed by atoms with E-state index in [-0.39, 0.29) is 0 Å². The van der Waals surface area contributed by atoms with E-state index in [0.717, 1.165) is 18.6 Å². The summed E-state index contributed by atoms with van der Waals surface area (Å²) in [4.78, 5) is 5.42. The zero-order valence-corrected chi connectivity index (χ0v) is 7.06. The van der Waals surface area contributed by atoms with Crippen LogP contribution in [0.15, 0.2) is 0 Å². The van der Waals surface area contributed by atoms with Crippen LogP contribution >= 0.6 is 11.8 Å². The Balaban J connectivity index is 2.01. The van der Waals surface area contributed by atoms with Crippen molar-refractivity contribution in [1.29, 1.82) is 0 Å². The molecule has 3 heteroatoms. The average molecular weight is 159 g/mol. The largest absolute Gasteiger partial charge is 0.299 e. The first-order chi connectivity index (χ1) is 4.88. The lowest BCUT2D eigenvalue weighted by molar-refractivity contribution is -0.109. The van der Waals surface area contributed by atoms with Gasteiger partial charge in [0.2, 0.25) is 0 Å². The average Bonchev–Trinajstić information content (AvgIpc) is 2.34. The zero-order valence-electron chi connectivity index (χ0n) is 6.25. The molecule has 2 saturated heterocycles. The van der Waals surface area contributed by atoms with Crippen molar-refractivity contribution < 1.29 is 4.84 Å².